The number of rotatable bonds is 6. The first-order valence-corrected chi connectivity index (χ1v) is 9.71. The molecule has 0 radical (unpaired) electrons. The average Bonchev–Trinajstić information content (AvgIpc) is 3.31. The number of benzene rings is 1. The van der Waals surface area contributed by atoms with Gasteiger partial charge in [-0.2, -0.15) is 0 Å². The second kappa shape index (κ2) is 8.46. The number of anilines is 1. The van der Waals surface area contributed by atoms with Crippen LogP contribution in [0.25, 0.3) is 16.7 Å². The van der Waals surface area contributed by atoms with Gasteiger partial charge in [0.2, 0.25) is 0 Å². The van der Waals surface area contributed by atoms with Crippen LogP contribution in [0.4, 0.5) is 11.4 Å². The van der Waals surface area contributed by atoms with E-state index in [4.69, 9.17) is 5.11 Å². The lowest BCUT2D eigenvalue weighted by Gasteiger charge is -2.16. The van der Waals surface area contributed by atoms with Gasteiger partial charge >= 0.3 is 17.1 Å². The van der Waals surface area contributed by atoms with Gasteiger partial charge in [-0.15, -0.1) is 0 Å². The van der Waals surface area contributed by atoms with E-state index in [1.165, 1.54) is 46.4 Å². The van der Waals surface area contributed by atoms with E-state index in [0.29, 0.717) is 5.69 Å². The molecule has 0 bridgehead atoms. The smallest absolute Gasteiger partial charge is 0.323 e. The van der Waals surface area contributed by atoms with Crippen molar-refractivity contribution in [2.45, 2.75) is 6.54 Å². The second-order valence-corrected chi connectivity index (χ2v) is 7.23. The first kappa shape index (κ1) is 22.1. The third-order valence-electron chi connectivity index (χ3n) is 5.13. The molecule has 0 spiro atoms. The molecule has 3 heterocycles. The Morgan fingerprint density at radius 2 is 1.91 bits per heavy atom. The Labute approximate surface area is 189 Å². The summed E-state index contributed by atoms with van der Waals surface area (Å²) in [5, 5.41) is 20.9. The molecule has 4 rings (SSSR count). The monoisotopic (exact) mass is 464 g/mol. The number of fused-ring (bicyclic) bond motifs is 1. The van der Waals surface area contributed by atoms with Crippen LogP contribution in [0.2, 0.25) is 0 Å². The fourth-order valence-corrected chi connectivity index (χ4v) is 3.49. The molecule has 0 saturated heterocycles. The molecule has 0 aliphatic rings. The minimum absolute atomic E-state index is 0.0249. The van der Waals surface area contributed by atoms with Crippen LogP contribution in [0.3, 0.4) is 0 Å². The number of carboxylic acid groups (broad SMARTS) is 1. The van der Waals surface area contributed by atoms with E-state index in [1.54, 1.807) is 19.2 Å². The number of nitrogens with zero attached hydrogens (tertiary/aromatic N) is 5. The van der Waals surface area contributed by atoms with Crippen molar-refractivity contribution in [2.24, 2.45) is 0 Å². The predicted molar refractivity (Wildman–Crippen MR) is 119 cm³/mol. The number of amides is 1. The summed E-state index contributed by atoms with van der Waals surface area (Å²) in [6, 6.07) is 7.01. The van der Waals surface area contributed by atoms with Crippen molar-refractivity contribution in [3.8, 4) is 5.69 Å². The summed E-state index contributed by atoms with van der Waals surface area (Å²) in [5.41, 5.74) is -1.98. The van der Waals surface area contributed by atoms with Gasteiger partial charge in [-0.25, -0.2) is 0 Å². The maximum Gasteiger partial charge on any atom is 0.323 e. The van der Waals surface area contributed by atoms with Crippen molar-refractivity contribution < 1.29 is 19.6 Å². The van der Waals surface area contributed by atoms with Gasteiger partial charge in [0.15, 0.2) is 0 Å². The fraction of sp³-hybridized carbons (Fsp3) is 0.0952. The molecular weight excluding hydrogens is 448 g/mol. The number of aromatic amines is 1. The molecule has 13 nitrogen and oxygen atoms in total. The normalized spacial score (nSPS) is 10.9. The zero-order valence-corrected chi connectivity index (χ0v) is 17.5. The van der Waals surface area contributed by atoms with Gasteiger partial charge in [0.1, 0.15) is 12.2 Å². The summed E-state index contributed by atoms with van der Waals surface area (Å²) in [5.74, 6) is -1.76. The summed E-state index contributed by atoms with van der Waals surface area (Å²) < 4.78 is 2.03. The molecule has 1 aromatic carbocycles. The maximum absolute atomic E-state index is 12.9. The number of nitro benzene ring substituents is 1. The number of nitro groups is 1. The van der Waals surface area contributed by atoms with Crippen LogP contribution in [-0.2, 0) is 11.3 Å². The number of pyridine rings is 1. The number of carbonyl (C=O) groups excluding carboxylic acids is 1. The minimum Gasteiger partial charge on any atom is -0.480 e. The summed E-state index contributed by atoms with van der Waals surface area (Å²) in [7, 11) is 1.56. The molecule has 0 saturated carbocycles. The minimum atomic E-state index is -1.37. The van der Waals surface area contributed by atoms with E-state index < -0.39 is 34.2 Å². The lowest BCUT2D eigenvalue weighted by atomic mass is 10.2. The quantitative estimate of drug-likeness (QED) is 0.243. The van der Waals surface area contributed by atoms with Crippen LogP contribution < -0.4 is 16.0 Å². The zero-order chi connectivity index (χ0) is 24.6. The van der Waals surface area contributed by atoms with Gasteiger partial charge in [-0.3, -0.25) is 38.8 Å². The highest BCUT2D eigenvalue weighted by atomic mass is 16.6. The van der Waals surface area contributed by atoms with Crippen molar-refractivity contribution in [1.29, 1.82) is 0 Å². The SMILES string of the molecule is CN(C(=O)c1ccn(-c2cc3c(cc2[N+](=O)[O-])[nH]c(=O)c(=O)n3CC(=O)O)c1)c1ccncc1. The fourth-order valence-electron chi connectivity index (χ4n) is 3.49. The van der Waals surface area contributed by atoms with E-state index >= 15 is 0 Å². The molecule has 172 valence electrons. The highest BCUT2D eigenvalue weighted by Crippen LogP contribution is 2.28. The van der Waals surface area contributed by atoms with E-state index in [-0.39, 0.29) is 28.2 Å². The van der Waals surface area contributed by atoms with Crippen LogP contribution in [-0.4, -0.2) is 48.1 Å². The van der Waals surface area contributed by atoms with Crippen molar-refractivity contribution in [2.75, 3.05) is 11.9 Å². The van der Waals surface area contributed by atoms with Crippen molar-refractivity contribution >= 4 is 34.3 Å². The van der Waals surface area contributed by atoms with Gasteiger partial charge in [-0.1, -0.05) is 0 Å². The molecule has 1 amide bonds. The molecule has 0 aliphatic carbocycles. The Bertz CT molecular complexity index is 1570. The van der Waals surface area contributed by atoms with E-state index in [0.717, 1.165) is 10.6 Å². The van der Waals surface area contributed by atoms with Crippen LogP contribution in [0, 0.1) is 10.1 Å². The van der Waals surface area contributed by atoms with Gasteiger partial charge in [0.05, 0.1) is 21.5 Å². The molecule has 0 fully saturated rings. The van der Waals surface area contributed by atoms with Crippen LogP contribution in [0.5, 0.6) is 0 Å². The zero-order valence-electron chi connectivity index (χ0n) is 17.5. The number of carboxylic acids is 1. The number of nitrogens with one attached hydrogen (secondary N) is 1. The van der Waals surface area contributed by atoms with E-state index in [9.17, 15) is 29.3 Å². The summed E-state index contributed by atoms with van der Waals surface area (Å²) in [6.07, 6.45) is 5.86. The number of aromatic nitrogens is 4. The molecule has 0 aliphatic heterocycles. The Kier molecular flexibility index (Phi) is 5.51. The topological polar surface area (TPSA) is 173 Å². The average molecular weight is 464 g/mol. The van der Waals surface area contributed by atoms with E-state index in [1.807, 2.05) is 0 Å². The summed E-state index contributed by atoms with van der Waals surface area (Å²) >= 11 is 0. The number of carbonyl (C=O) groups is 2. The van der Waals surface area contributed by atoms with Crippen molar-refractivity contribution in [3.05, 3.63) is 91.5 Å². The summed E-state index contributed by atoms with van der Waals surface area (Å²) in [4.78, 5) is 66.9. The Morgan fingerprint density at radius 3 is 2.56 bits per heavy atom. The number of H-pyrrole nitrogens is 1. The van der Waals surface area contributed by atoms with Gasteiger partial charge in [0, 0.05) is 43.6 Å². The number of hydrogen-bond donors (Lipinski definition) is 2. The van der Waals surface area contributed by atoms with Crippen LogP contribution >= 0.6 is 0 Å². The molecule has 2 N–H and O–H groups in total. The second-order valence-electron chi connectivity index (χ2n) is 7.23. The molecule has 13 heteroatoms. The van der Waals surface area contributed by atoms with Gasteiger partial charge < -0.3 is 19.6 Å². The first-order valence-electron chi connectivity index (χ1n) is 9.71. The summed E-state index contributed by atoms with van der Waals surface area (Å²) in [6.45, 7) is -0.817. The molecule has 34 heavy (non-hydrogen) atoms. The van der Waals surface area contributed by atoms with Crippen molar-refractivity contribution in [1.82, 2.24) is 19.1 Å². The molecule has 0 atom stereocenters. The third kappa shape index (κ3) is 3.92. The van der Waals surface area contributed by atoms with Crippen LogP contribution in [0.1, 0.15) is 10.4 Å². The molecule has 4 aromatic rings. The Balaban J connectivity index is 1.86. The molecule has 0 unspecified atom stereocenters. The van der Waals surface area contributed by atoms with Crippen LogP contribution in [0.15, 0.2) is 64.7 Å². The number of aliphatic carboxylic acids is 1. The Morgan fingerprint density at radius 1 is 1.21 bits per heavy atom. The lowest BCUT2D eigenvalue weighted by molar-refractivity contribution is -0.384. The largest absolute Gasteiger partial charge is 0.480 e. The number of hydrogen-bond acceptors (Lipinski definition) is 7. The molecule has 3 aromatic heterocycles. The predicted octanol–water partition coefficient (Wildman–Crippen LogP) is 1.14. The lowest BCUT2D eigenvalue weighted by Crippen LogP contribution is -2.37. The molecular formula is C21H16N6O7. The van der Waals surface area contributed by atoms with Gasteiger partial charge in [-0.05, 0) is 24.3 Å². The van der Waals surface area contributed by atoms with Crippen molar-refractivity contribution in [3.63, 3.8) is 0 Å². The Hall–Kier alpha value is -5.07. The first-order chi connectivity index (χ1) is 16.2. The standard InChI is InChI=1S/C21H16N6O7/c1-24(13-2-5-22-6-3-13)20(31)12-4-7-25(10-12)16-9-15-14(8-17(16)27(33)34)23-19(30)21(32)26(15)11-18(28)29/h2-10H,11H2,1H3,(H,23,30)(H,28,29). The highest BCUT2D eigenvalue weighted by Gasteiger charge is 2.22. The van der Waals surface area contributed by atoms with Gasteiger partial charge in [0.25, 0.3) is 11.6 Å². The third-order valence-corrected chi connectivity index (χ3v) is 5.13. The van der Waals surface area contributed by atoms with E-state index in [2.05, 4.69) is 9.97 Å². The highest BCUT2D eigenvalue weighted by molar-refractivity contribution is 6.05. The maximum atomic E-state index is 12.9.